The van der Waals surface area contributed by atoms with Crippen LogP contribution in [0.3, 0.4) is 0 Å². The standard InChI is InChI=1S/C21H21BrN2O3S2/c1-13-6-15(22)4-5-19(13)24-20(25)9-16-12-29-21(23-16)28-11-14-7-17(26-2)10-18(8-14)27-3/h4-8,10,12H,9,11H2,1-3H3,(H,24,25). The van der Waals surface area contributed by atoms with Crippen LogP contribution in [-0.4, -0.2) is 25.1 Å². The first kappa shape index (κ1) is 21.7. The quantitative estimate of drug-likeness (QED) is 0.408. The SMILES string of the molecule is COc1cc(CSc2nc(CC(=O)Nc3ccc(Br)cc3C)cs2)cc(OC)c1. The lowest BCUT2D eigenvalue weighted by atomic mass is 10.2. The molecular formula is C21H21BrN2O3S2. The number of nitrogens with zero attached hydrogens (tertiary/aromatic N) is 1. The van der Waals surface area contributed by atoms with E-state index in [1.54, 1.807) is 37.3 Å². The number of thioether (sulfide) groups is 1. The Morgan fingerprint density at radius 3 is 2.55 bits per heavy atom. The van der Waals surface area contributed by atoms with Crippen molar-refractivity contribution in [1.82, 2.24) is 4.98 Å². The molecule has 0 radical (unpaired) electrons. The maximum absolute atomic E-state index is 12.4. The smallest absolute Gasteiger partial charge is 0.230 e. The van der Waals surface area contributed by atoms with E-state index in [0.717, 1.165) is 48.6 Å². The number of aromatic nitrogens is 1. The van der Waals surface area contributed by atoms with Crippen LogP contribution in [0, 0.1) is 6.92 Å². The van der Waals surface area contributed by atoms with E-state index in [9.17, 15) is 4.79 Å². The number of amides is 1. The Balaban J connectivity index is 1.57. The molecule has 0 spiro atoms. The molecule has 8 heteroatoms. The minimum atomic E-state index is -0.0743. The predicted octanol–water partition coefficient (Wildman–Crippen LogP) is 5.70. The average Bonchev–Trinajstić information content (AvgIpc) is 3.15. The van der Waals surface area contributed by atoms with Gasteiger partial charge in [-0.2, -0.15) is 0 Å². The third-order valence-electron chi connectivity index (χ3n) is 4.11. The van der Waals surface area contributed by atoms with Gasteiger partial charge in [-0.25, -0.2) is 4.98 Å². The Kier molecular flexibility index (Phi) is 7.57. The van der Waals surface area contributed by atoms with Gasteiger partial charge in [-0.3, -0.25) is 4.79 Å². The molecule has 1 N–H and O–H groups in total. The van der Waals surface area contributed by atoms with Gasteiger partial charge in [-0.1, -0.05) is 27.7 Å². The van der Waals surface area contributed by atoms with E-state index in [4.69, 9.17) is 9.47 Å². The minimum absolute atomic E-state index is 0.0743. The fraction of sp³-hybridized carbons (Fsp3) is 0.238. The zero-order chi connectivity index (χ0) is 20.8. The number of carbonyl (C=O) groups is 1. The number of benzene rings is 2. The summed E-state index contributed by atoms with van der Waals surface area (Å²) >= 11 is 6.60. The molecule has 0 aliphatic rings. The molecule has 2 aromatic carbocycles. The second-order valence-electron chi connectivity index (χ2n) is 6.30. The number of hydrogen-bond donors (Lipinski definition) is 1. The van der Waals surface area contributed by atoms with Crippen molar-refractivity contribution in [2.24, 2.45) is 0 Å². The van der Waals surface area contributed by atoms with Crippen molar-refractivity contribution in [1.29, 1.82) is 0 Å². The van der Waals surface area contributed by atoms with Crippen molar-refractivity contribution in [3.05, 3.63) is 63.1 Å². The van der Waals surface area contributed by atoms with Crippen molar-refractivity contribution in [2.45, 2.75) is 23.4 Å². The summed E-state index contributed by atoms with van der Waals surface area (Å²) in [7, 11) is 3.28. The summed E-state index contributed by atoms with van der Waals surface area (Å²) in [5.74, 6) is 2.19. The Labute approximate surface area is 187 Å². The maximum atomic E-state index is 12.4. The van der Waals surface area contributed by atoms with E-state index in [1.165, 1.54) is 0 Å². The Hall–Kier alpha value is -2.03. The van der Waals surface area contributed by atoms with Crippen LogP contribution in [-0.2, 0) is 17.0 Å². The highest BCUT2D eigenvalue weighted by atomic mass is 79.9. The van der Waals surface area contributed by atoms with Crippen molar-refractivity contribution < 1.29 is 14.3 Å². The van der Waals surface area contributed by atoms with Gasteiger partial charge in [0.15, 0.2) is 0 Å². The maximum Gasteiger partial charge on any atom is 0.230 e. The number of anilines is 1. The van der Waals surface area contributed by atoms with Crippen LogP contribution in [0.4, 0.5) is 5.69 Å². The molecule has 29 heavy (non-hydrogen) atoms. The molecule has 0 aliphatic carbocycles. The molecule has 0 unspecified atom stereocenters. The zero-order valence-corrected chi connectivity index (χ0v) is 19.5. The minimum Gasteiger partial charge on any atom is -0.497 e. The fourth-order valence-corrected chi connectivity index (χ4v) is 4.91. The van der Waals surface area contributed by atoms with Gasteiger partial charge in [-0.15, -0.1) is 11.3 Å². The van der Waals surface area contributed by atoms with E-state index in [1.807, 2.05) is 48.7 Å². The highest BCUT2D eigenvalue weighted by molar-refractivity contribution is 9.10. The van der Waals surface area contributed by atoms with Gasteiger partial charge in [0.25, 0.3) is 0 Å². The summed E-state index contributed by atoms with van der Waals surface area (Å²) in [4.78, 5) is 16.9. The van der Waals surface area contributed by atoms with Crippen LogP contribution in [0.2, 0.25) is 0 Å². The normalized spacial score (nSPS) is 10.6. The van der Waals surface area contributed by atoms with E-state index >= 15 is 0 Å². The van der Waals surface area contributed by atoms with E-state index in [0.29, 0.717) is 0 Å². The molecule has 152 valence electrons. The van der Waals surface area contributed by atoms with E-state index in [2.05, 4.69) is 26.2 Å². The molecule has 0 bridgehead atoms. The summed E-state index contributed by atoms with van der Waals surface area (Å²) in [6, 6.07) is 11.6. The molecular weight excluding hydrogens is 472 g/mol. The van der Waals surface area contributed by atoms with Crippen molar-refractivity contribution >= 4 is 50.6 Å². The lowest BCUT2D eigenvalue weighted by Gasteiger charge is -2.08. The molecule has 0 atom stereocenters. The molecule has 0 fully saturated rings. The first-order chi connectivity index (χ1) is 14.0. The molecule has 1 amide bonds. The van der Waals surface area contributed by atoms with Crippen molar-refractivity contribution in [3.63, 3.8) is 0 Å². The topological polar surface area (TPSA) is 60.5 Å². The lowest BCUT2D eigenvalue weighted by molar-refractivity contribution is -0.115. The van der Waals surface area contributed by atoms with Crippen LogP contribution in [0.25, 0.3) is 0 Å². The lowest BCUT2D eigenvalue weighted by Crippen LogP contribution is -2.15. The summed E-state index contributed by atoms with van der Waals surface area (Å²) in [5.41, 5.74) is 3.69. The van der Waals surface area contributed by atoms with Crippen LogP contribution in [0.1, 0.15) is 16.8 Å². The Morgan fingerprint density at radius 2 is 1.90 bits per heavy atom. The second kappa shape index (κ2) is 10.1. The van der Waals surface area contributed by atoms with E-state index in [-0.39, 0.29) is 12.3 Å². The van der Waals surface area contributed by atoms with Crippen LogP contribution < -0.4 is 14.8 Å². The average molecular weight is 493 g/mol. The zero-order valence-electron chi connectivity index (χ0n) is 16.3. The Bertz CT molecular complexity index is 985. The van der Waals surface area contributed by atoms with Crippen LogP contribution in [0.5, 0.6) is 11.5 Å². The van der Waals surface area contributed by atoms with Gasteiger partial charge in [0, 0.05) is 27.4 Å². The number of hydrogen-bond acceptors (Lipinski definition) is 6. The largest absolute Gasteiger partial charge is 0.497 e. The number of carbonyl (C=O) groups excluding carboxylic acids is 1. The molecule has 0 saturated heterocycles. The fourth-order valence-electron chi connectivity index (χ4n) is 2.66. The number of ether oxygens (including phenoxy) is 2. The molecule has 1 aromatic heterocycles. The van der Waals surface area contributed by atoms with Gasteiger partial charge >= 0.3 is 0 Å². The predicted molar refractivity (Wildman–Crippen MR) is 122 cm³/mol. The molecule has 1 heterocycles. The number of thiazole rings is 1. The number of rotatable bonds is 8. The highest BCUT2D eigenvalue weighted by Crippen LogP contribution is 2.30. The molecule has 0 saturated carbocycles. The molecule has 5 nitrogen and oxygen atoms in total. The number of nitrogens with one attached hydrogen (secondary N) is 1. The van der Waals surface area contributed by atoms with Gasteiger partial charge in [0.2, 0.25) is 5.91 Å². The van der Waals surface area contributed by atoms with E-state index < -0.39 is 0 Å². The first-order valence-corrected chi connectivity index (χ1v) is 11.5. The molecule has 3 rings (SSSR count). The van der Waals surface area contributed by atoms with Crippen LogP contribution >= 0.6 is 39.0 Å². The van der Waals surface area contributed by atoms with Gasteiger partial charge in [0.05, 0.1) is 26.3 Å². The van der Waals surface area contributed by atoms with Crippen molar-refractivity contribution in [3.8, 4) is 11.5 Å². The van der Waals surface area contributed by atoms with Crippen LogP contribution in [0.15, 0.2) is 50.6 Å². The first-order valence-electron chi connectivity index (χ1n) is 8.82. The summed E-state index contributed by atoms with van der Waals surface area (Å²) in [5, 5.41) is 4.88. The summed E-state index contributed by atoms with van der Waals surface area (Å²) in [6.45, 7) is 1.96. The van der Waals surface area contributed by atoms with Gasteiger partial charge in [0.1, 0.15) is 15.8 Å². The monoisotopic (exact) mass is 492 g/mol. The van der Waals surface area contributed by atoms with Gasteiger partial charge in [-0.05, 0) is 48.4 Å². The molecule has 3 aromatic rings. The number of halogens is 1. The molecule has 0 aliphatic heterocycles. The summed E-state index contributed by atoms with van der Waals surface area (Å²) < 4.78 is 12.5. The third kappa shape index (κ3) is 6.22. The number of methoxy groups -OCH3 is 2. The summed E-state index contributed by atoms with van der Waals surface area (Å²) in [6.07, 6.45) is 0.250. The number of aryl methyl sites for hydroxylation is 1. The second-order valence-corrected chi connectivity index (χ2v) is 9.29. The van der Waals surface area contributed by atoms with Gasteiger partial charge < -0.3 is 14.8 Å². The third-order valence-corrected chi connectivity index (χ3v) is 6.74. The highest BCUT2D eigenvalue weighted by Gasteiger charge is 2.11. The van der Waals surface area contributed by atoms with Crippen molar-refractivity contribution in [2.75, 3.05) is 19.5 Å². The Morgan fingerprint density at radius 1 is 1.17 bits per heavy atom.